The molecule has 0 spiro atoms. The molecule has 3 rings (SSSR count). The standard InChI is InChI=1S/C19H25N3O/c1-13-6-8-16(9-7-13)19(10-11-19)18(23)20-12-4-5-17-14(2)21-22-15(17)3/h6-9H,4-5,10-12H2,1-3H3,(H,20,23)(H,21,22). The Morgan fingerprint density at radius 1 is 1.22 bits per heavy atom. The third kappa shape index (κ3) is 3.16. The van der Waals surface area contributed by atoms with Crippen LogP contribution in [-0.2, 0) is 16.6 Å². The summed E-state index contributed by atoms with van der Waals surface area (Å²) < 4.78 is 0. The maximum Gasteiger partial charge on any atom is 0.230 e. The van der Waals surface area contributed by atoms with Gasteiger partial charge >= 0.3 is 0 Å². The van der Waals surface area contributed by atoms with Crippen LogP contribution < -0.4 is 5.32 Å². The summed E-state index contributed by atoms with van der Waals surface area (Å²) >= 11 is 0. The van der Waals surface area contributed by atoms with Gasteiger partial charge in [0.15, 0.2) is 0 Å². The highest BCUT2D eigenvalue weighted by Gasteiger charge is 2.50. The van der Waals surface area contributed by atoms with Gasteiger partial charge in [-0.05, 0) is 57.6 Å². The smallest absolute Gasteiger partial charge is 0.230 e. The molecule has 0 unspecified atom stereocenters. The largest absolute Gasteiger partial charge is 0.355 e. The van der Waals surface area contributed by atoms with Gasteiger partial charge in [-0.2, -0.15) is 5.10 Å². The molecule has 122 valence electrons. The molecule has 1 aromatic carbocycles. The molecule has 0 bridgehead atoms. The van der Waals surface area contributed by atoms with Crippen LogP contribution in [0.15, 0.2) is 24.3 Å². The molecule has 1 amide bonds. The molecule has 2 aromatic rings. The first-order chi connectivity index (χ1) is 11.0. The molecule has 0 radical (unpaired) electrons. The van der Waals surface area contributed by atoms with Crippen molar-refractivity contribution < 1.29 is 4.79 Å². The number of amides is 1. The van der Waals surface area contributed by atoms with Crippen LogP contribution >= 0.6 is 0 Å². The minimum absolute atomic E-state index is 0.182. The number of carbonyl (C=O) groups excluding carboxylic acids is 1. The number of carbonyl (C=O) groups is 1. The average Bonchev–Trinajstić information content (AvgIpc) is 3.28. The number of aromatic amines is 1. The maximum atomic E-state index is 12.6. The molecule has 1 aromatic heterocycles. The zero-order valence-corrected chi connectivity index (χ0v) is 14.2. The fourth-order valence-corrected chi connectivity index (χ4v) is 3.22. The Morgan fingerprint density at radius 3 is 2.48 bits per heavy atom. The minimum atomic E-state index is -0.269. The summed E-state index contributed by atoms with van der Waals surface area (Å²) in [5, 5.41) is 10.4. The van der Waals surface area contributed by atoms with Crippen LogP contribution in [0.5, 0.6) is 0 Å². The molecule has 1 heterocycles. The lowest BCUT2D eigenvalue weighted by Crippen LogP contribution is -2.35. The molecule has 4 nitrogen and oxygen atoms in total. The van der Waals surface area contributed by atoms with Crippen LogP contribution in [0.4, 0.5) is 0 Å². The van der Waals surface area contributed by atoms with Gasteiger partial charge in [0, 0.05) is 12.2 Å². The van der Waals surface area contributed by atoms with Crippen molar-refractivity contribution in [2.75, 3.05) is 6.54 Å². The molecular weight excluding hydrogens is 286 g/mol. The van der Waals surface area contributed by atoms with Gasteiger partial charge in [0.25, 0.3) is 0 Å². The van der Waals surface area contributed by atoms with E-state index < -0.39 is 0 Å². The zero-order chi connectivity index (χ0) is 16.4. The lowest BCUT2D eigenvalue weighted by molar-refractivity contribution is -0.123. The number of nitrogens with zero attached hydrogens (tertiary/aromatic N) is 1. The molecule has 2 N–H and O–H groups in total. The fourth-order valence-electron chi connectivity index (χ4n) is 3.22. The van der Waals surface area contributed by atoms with Crippen molar-refractivity contribution in [1.82, 2.24) is 15.5 Å². The number of aromatic nitrogens is 2. The SMILES string of the molecule is Cc1ccc(C2(C(=O)NCCCc3c(C)n[nH]c3C)CC2)cc1. The molecular formula is C19H25N3O. The monoisotopic (exact) mass is 311 g/mol. The van der Waals surface area contributed by atoms with Crippen molar-refractivity contribution >= 4 is 5.91 Å². The van der Waals surface area contributed by atoms with Gasteiger partial charge in [-0.1, -0.05) is 29.8 Å². The van der Waals surface area contributed by atoms with E-state index in [9.17, 15) is 4.79 Å². The number of aryl methyl sites for hydroxylation is 3. The maximum absolute atomic E-state index is 12.6. The highest BCUT2D eigenvalue weighted by Crippen LogP contribution is 2.48. The lowest BCUT2D eigenvalue weighted by atomic mass is 9.94. The summed E-state index contributed by atoms with van der Waals surface area (Å²) in [6, 6.07) is 8.38. The van der Waals surface area contributed by atoms with E-state index in [1.807, 2.05) is 13.8 Å². The third-order valence-corrected chi connectivity index (χ3v) is 4.96. The van der Waals surface area contributed by atoms with E-state index >= 15 is 0 Å². The molecule has 0 atom stereocenters. The van der Waals surface area contributed by atoms with E-state index in [0.29, 0.717) is 0 Å². The van der Waals surface area contributed by atoms with Gasteiger partial charge in [-0.3, -0.25) is 9.89 Å². The van der Waals surface area contributed by atoms with E-state index in [4.69, 9.17) is 0 Å². The van der Waals surface area contributed by atoms with Gasteiger partial charge in [0.2, 0.25) is 5.91 Å². The first-order valence-electron chi connectivity index (χ1n) is 8.39. The van der Waals surface area contributed by atoms with Gasteiger partial charge in [-0.25, -0.2) is 0 Å². The van der Waals surface area contributed by atoms with E-state index in [1.165, 1.54) is 11.1 Å². The van der Waals surface area contributed by atoms with Crippen molar-refractivity contribution in [2.45, 2.75) is 51.9 Å². The minimum Gasteiger partial charge on any atom is -0.355 e. The van der Waals surface area contributed by atoms with Gasteiger partial charge < -0.3 is 5.32 Å². The Hall–Kier alpha value is -2.10. The second-order valence-electron chi connectivity index (χ2n) is 6.72. The Balaban J connectivity index is 1.53. The molecule has 1 fully saturated rings. The summed E-state index contributed by atoms with van der Waals surface area (Å²) in [6.07, 6.45) is 3.81. The van der Waals surface area contributed by atoms with Gasteiger partial charge in [0.05, 0.1) is 11.1 Å². The summed E-state index contributed by atoms with van der Waals surface area (Å²) in [7, 11) is 0. The summed E-state index contributed by atoms with van der Waals surface area (Å²) in [5.41, 5.74) is 5.59. The highest BCUT2D eigenvalue weighted by molar-refractivity contribution is 5.91. The van der Waals surface area contributed by atoms with Crippen LogP contribution in [-0.4, -0.2) is 22.6 Å². The molecule has 1 saturated carbocycles. The second kappa shape index (κ2) is 6.19. The number of H-pyrrole nitrogens is 1. The molecule has 0 saturated heterocycles. The number of hydrogen-bond donors (Lipinski definition) is 2. The fraction of sp³-hybridized carbons (Fsp3) is 0.474. The molecule has 4 heteroatoms. The van der Waals surface area contributed by atoms with Crippen LogP contribution in [0, 0.1) is 20.8 Å². The number of rotatable bonds is 6. The van der Waals surface area contributed by atoms with E-state index in [1.54, 1.807) is 0 Å². The average molecular weight is 311 g/mol. The molecule has 23 heavy (non-hydrogen) atoms. The predicted molar refractivity (Wildman–Crippen MR) is 91.5 cm³/mol. The van der Waals surface area contributed by atoms with Crippen molar-refractivity contribution in [3.8, 4) is 0 Å². The van der Waals surface area contributed by atoms with Crippen LogP contribution in [0.25, 0.3) is 0 Å². The third-order valence-electron chi connectivity index (χ3n) is 4.96. The highest BCUT2D eigenvalue weighted by atomic mass is 16.2. The molecule has 0 aliphatic heterocycles. The van der Waals surface area contributed by atoms with Crippen molar-refractivity contribution in [3.05, 3.63) is 52.3 Å². The normalized spacial score (nSPS) is 15.4. The Kier molecular flexibility index (Phi) is 4.24. The number of hydrogen-bond acceptors (Lipinski definition) is 2. The molecule has 1 aliphatic carbocycles. The Morgan fingerprint density at radius 2 is 1.91 bits per heavy atom. The Bertz CT molecular complexity index is 676. The first-order valence-corrected chi connectivity index (χ1v) is 8.39. The summed E-state index contributed by atoms with van der Waals surface area (Å²) in [6.45, 7) is 6.86. The summed E-state index contributed by atoms with van der Waals surface area (Å²) in [5.74, 6) is 0.182. The topological polar surface area (TPSA) is 57.8 Å². The van der Waals surface area contributed by atoms with Crippen LogP contribution in [0.2, 0.25) is 0 Å². The zero-order valence-electron chi connectivity index (χ0n) is 14.2. The van der Waals surface area contributed by atoms with Crippen LogP contribution in [0.3, 0.4) is 0 Å². The van der Waals surface area contributed by atoms with Gasteiger partial charge in [0.1, 0.15) is 0 Å². The van der Waals surface area contributed by atoms with E-state index in [2.05, 4.69) is 46.7 Å². The van der Waals surface area contributed by atoms with E-state index in [-0.39, 0.29) is 11.3 Å². The van der Waals surface area contributed by atoms with Crippen molar-refractivity contribution in [3.63, 3.8) is 0 Å². The molecule has 1 aliphatic rings. The predicted octanol–water partition coefficient (Wildman–Crippen LogP) is 3.12. The number of benzene rings is 1. The van der Waals surface area contributed by atoms with Gasteiger partial charge in [-0.15, -0.1) is 0 Å². The lowest BCUT2D eigenvalue weighted by Gasteiger charge is -2.16. The number of nitrogens with one attached hydrogen (secondary N) is 2. The second-order valence-corrected chi connectivity index (χ2v) is 6.72. The van der Waals surface area contributed by atoms with E-state index in [0.717, 1.165) is 49.2 Å². The van der Waals surface area contributed by atoms with Crippen molar-refractivity contribution in [1.29, 1.82) is 0 Å². The van der Waals surface area contributed by atoms with Crippen molar-refractivity contribution in [2.24, 2.45) is 0 Å². The first kappa shape index (κ1) is 15.8. The Labute approximate surface area is 137 Å². The van der Waals surface area contributed by atoms with Crippen LogP contribution in [0.1, 0.15) is 47.3 Å². The quantitative estimate of drug-likeness (QED) is 0.805. The summed E-state index contributed by atoms with van der Waals surface area (Å²) in [4.78, 5) is 12.6.